The molecule has 0 heterocycles. The molecule has 1 rings (SSSR count). The lowest BCUT2D eigenvalue weighted by atomic mass is 10.1. The van der Waals surface area contributed by atoms with E-state index in [1.807, 2.05) is 34.6 Å². The minimum Gasteiger partial charge on any atom is -0.483 e. The number of rotatable bonds is 5. The van der Waals surface area contributed by atoms with E-state index in [9.17, 15) is 9.59 Å². The van der Waals surface area contributed by atoms with Crippen molar-refractivity contribution in [1.82, 2.24) is 10.6 Å². The van der Waals surface area contributed by atoms with E-state index < -0.39 is 0 Å². The van der Waals surface area contributed by atoms with Gasteiger partial charge in [0.05, 0.1) is 6.54 Å². The molecule has 0 fully saturated rings. The molecule has 0 spiro atoms. The van der Waals surface area contributed by atoms with Crippen molar-refractivity contribution >= 4 is 23.4 Å². The monoisotopic (exact) mass is 326 g/mol. The second kappa shape index (κ2) is 7.49. The van der Waals surface area contributed by atoms with E-state index in [-0.39, 0.29) is 30.5 Å². The Kier molecular flexibility index (Phi) is 6.23. The lowest BCUT2D eigenvalue weighted by Crippen LogP contribution is -2.46. The van der Waals surface area contributed by atoms with Gasteiger partial charge in [0.25, 0.3) is 5.91 Å². The average molecular weight is 327 g/mol. The van der Waals surface area contributed by atoms with E-state index in [2.05, 4.69) is 10.6 Å². The quantitative estimate of drug-likeness (QED) is 0.873. The number of ether oxygens (including phenoxy) is 1. The summed E-state index contributed by atoms with van der Waals surface area (Å²) in [6, 6.07) is 3.55. The van der Waals surface area contributed by atoms with E-state index in [0.29, 0.717) is 10.8 Å². The maximum Gasteiger partial charge on any atom is 0.258 e. The van der Waals surface area contributed by atoms with Crippen molar-refractivity contribution in [2.45, 2.75) is 40.2 Å². The molecule has 2 N–H and O–H groups in total. The lowest BCUT2D eigenvalue weighted by molar-refractivity contribution is -0.127. The first-order chi connectivity index (χ1) is 10.1. The molecule has 0 saturated carbocycles. The predicted octanol–water partition coefficient (Wildman–Crippen LogP) is 2.37. The third-order valence-corrected chi connectivity index (χ3v) is 2.95. The molecule has 0 atom stereocenters. The van der Waals surface area contributed by atoms with Gasteiger partial charge >= 0.3 is 0 Å². The van der Waals surface area contributed by atoms with E-state index in [0.717, 1.165) is 11.1 Å². The van der Waals surface area contributed by atoms with Crippen molar-refractivity contribution in [3.8, 4) is 5.75 Å². The zero-order chi connectivity index (χ0) is 16.9. The van der Waals surface area contributed by atoms with Crippen LogP contribution in [0.15, 0.2) is 12.1 Å². The van der Waals surface area contributed by atoms with Crippen molar-refractivity contribution in [1.29, 1.82) is 0 Å². The van der Waals surface area contributed by atoms with Crippen molar-refractivity contribution < 1.29 is 14.3 Å². The van der Waals surface area contributed by atoms with Crippen LogP contribution in [0.5, 0.6) is 5.75 Å². The molecule has 0 aliphatic carbocycles. The largest absolute Gasteiger partial charge is 0.483 e. The van der Waals surface area contributed by atoms with Crippen molar-refractivity contribution in [2.24, 2.45) is 0 Å². The maximum atomic E-state index is 11.7. The number of aryl methyl sites for hydroxylation is 2. The molecular formula is C16H23ClN2O3. The second-order valence-electron chi connectivity index (χ2n) is 6.23. The number of halogens is 1. The third-order valence-electron chi connectivity index (χ3n) is 2.73. The summed E-state index contributed by atoms with van der Waals surface area (Å²) in [7, 11) is 0. The molecule has 0 aliphatic rings. The van der Waals surface area contributed by atoms with Crippen LogP contribution in [0.25, 0.3) is 0 Å². The fourth-order valence-electron chi connectivity index (χ4n) is 1.96. The van der Waals surface area contributed by atoms with Gasteiger partial charge in [0.2, 0.25) is 5.91 Å². The molecule has 2 amide bonds. The highest BCUT2D eigenvalue weighted by Crippen LogP contribution is 2.26. The van der Waals surface area contributed by atoms with Crippen LogP contribution in [-0.4, -0.2) is 30.5 Å². The molecule has 1 aromatic carbocycles. The van der Waals surface area contributed by atoms with Crippen LogP contribution >= 0.6 is 11.6 Å². The summed E-state index contributed by atoms with van der Waals surface area (Å²) in [5.41, 5.74) is 1.40. The third kappa shape index (κ3) is 6.35. The van der Waals surface area contributed by atoms with Crippen molar-refractivity contribution in [3.63, 3.8) is 0 Å². The van der Waals surface area contributed by atoms with Gasteiger partial charge in [-0.25, -0.2) is 0 Å². The summed E-state index contributed by atoms with van der Waals surface area (Å²) in [5.74, 6) is 0.0520. The molecule has 0 radical (unpaired) electrons. The second-order valence-corrected chi connectivity index (χ2v) is 6.67. The van der Waals surface area contributed by atoms with Crippen molar-refractivity contribution in [3.05, 3.63) is 28.3 Å². The SMILES string of the molecule is Cc1cc(Cl)cc(C)c1OCC(=O)NCC(=O)NC(C)(C)C. The van der Waals surface area contributed by atoms with Gasteiger partial charge in [0.1, 0.15) is 5.75 Å². The molecule has 0 aliphatic heterocycles. The number of amides is 2. The Labute approximate surface area is 136 Å². The molecule has 0 bridgehead atoms. The molecule has 5 nitrogen and oxygen atoms in total. The number of hydrogen-bond donors (Lipinski definition) is 2. The Hall–Kier alpha value is -1.75. The van der Waals surface area contributed by atoms with Gasteiger partial charge in [0.15, 0.2) is 6.61 Å². The van der Waals surface area contributed by atoms with Gasteiger partial charge < -0.3 is 15.4 Å². The molecule has 0 aromatic heterocycles. The van der Waals surface area contributed by atoms with E-state index in [1.165, 1.54) is 0 Å². The van der Waals surface area contributed by atoms with Crippen molar-refractivity contribution in [2.75, 3.05) is 13.2 Å². The molecule has 22 heavy (non-hydrogen) atoms. The summed E-state index contributed by atoms with van der Waals surface area (Å²) < 4.78 is 5.52. The number of nitrogens with one attached hydrogen (secondary N) is 2. The first kappa shape index (κ1) is 18.3. The van der Waals surface area contributed by atoms with E-state index in [4.69, 9.17) is 16.3 Å². The maximum absolute atomic E-state index is 11.7. The molecular weight excluding hydrogens is 304 g/mol. The standard InChI is InChI=1S/C16H23ClN2O3/c1-10-6-12(17)7-11(2)15(10)22-9-14(21)18-8-13(20)19-16(3,4)5/h6-7H,8-9H2,1-5H3,(H,18,21)(H,19,20). The van der Waals surface area contributed by atoms with Gasteiger partial charge in [-0.3, -0.25) is 9.59 Å². The Balaban J connectivity index is 2.46. The Bertz CT molecular complexity index is 542. The Morgan fingerprint density at radius 1 is 1.14 bits per heavy atom. The highest BCUT2D eigenvalue weighted by atomic mass is 35.5. The van der Waals surface area contributed by atoms with Gasteiger partial charge in [-0.15, -0.1) is 0 Å². The molecule has 1 aromatic rings. The number of hydrogen-bond acceptors (Lipinski definition) is 3. The Morgan fingerprint density at radius 2 is 1.68 bits per heavy atom. The number of carbonyl (C=O) groups excluding carboxylic acids is 2. The van der Waals surface area contributed by atoms with Crippen LogP contribution in [0.2, 0.25) is 5.02 Å². The van der Waals surface area contributed by atoms with Crippen LogP contribution in [-0.2, 0) is 9.59 Å². The average Bonchev–Trinajstić information content (AvgIpc) is 2.32. The topological polar surface area (TPSA) is 67.4 Å². The molecule has 6 heteroatoms. The highest BCUT2D eigenvalue weighted by molar-refractivity contribution is 6.30. The normalized spacial score (nSPS) is 11.0. The van der Waals surface area contributed by atoms with Crippen LogP contribution < -0.4 is 15.4 Å². The van der Waals surface area contributed by atoms with Crippen LogP contribution in [0.3, 0.4) is 0 Å². The minimum absolute atomic E-state index is 0.0714. The zero-order valence-electron chi connectivity index (χ0n) is 13.7. The number of carbonyl (C=O) groups is 2. The first-order valence-electron chi connectivity index (χ1n) is 7.06. The lowest BCUT2D eigenvalue weighted by Gasteiger charge is -2.20. The predicted molar refractivity (Wildman–Crippen MR) is 87.3 cm³/mol. The first-order valence-corrected chi connectivity index (χ1v) is 7.43. The van der Waals surface area contributed by atoms with E-state index in [1.54, 1.807) is 12.1 Å². The number of benzene rings is 1. The summed E-state index contributed by atoms with van der Waals surface area (Å²) in [5, 5.41) is 5.92. The Morgan fingerprint density at radius 3 is 2.18 bits per heavy atom. The van der Waals surface area contributed by atoms with Gasteiger partial charge in [-0.2, -0.15) is 0 Å². The van der Waals surface area contributed by atoms with Gasteiger partial charge in [-0.05, 0) is 57.9 Å². The fraction of sp³-hybridized carbons (Fsp3) is 0.500. The fourth-order valence-corrected chi connectivity index (χ4v) is 2.28. The van der Waals surface area contributed by atoms with E-state index >= 15 is 0 Å². The zero-order valence-corrected chi connectivity index (χ0v) is 14.4. The summed E-state index contributed by atoms with van der Waals surface area (Å²) in [6.07, 6.45) is 0. The summed E-state index contributed by atoms with van der Waals surface area (Å²) in [6.45, 7) is 9.14. The van der Waals surface area contributed by atoms with Crippen LogP contribution in [0.4, 0.5) is 0 Å². The van der Waals surface area contributed by atoms with Crippen LogP contribution in [0, 0.1) is 13.8 Å². The minimum atomic E-state index is -0.349. The summed E-state index contributed by atoms with van der Waals surface area (Å²) in [4.78, 5) is 23.3. The van der Waals surface area contributed by atoms with Crippen LogP contribution in [0.1, 0.15) is 31.9 Å². The molecule has 0 unspecified atom stereocenters. The smallest absolute Gasteiger partial charge is 0.258 e. The van der Waals surface area contributed by atoms with Gasteiger partial charge in [0, 0.05) is 10.6 Å². The molecule has 122 valence electrons. The van der Waals surface area contributed by atoms with Gasteiger partial charge in [-0.1, -0.05) is 11.6 Å². The highest BCUT2D eigenvalue weighted by Gasteiger charge is 2.14. The summed E-state index contributed by atoms with van der Waals surface area (Å²) >= 11 is 5.94. The molecule has 0 saturated heterocycles.